The number of rotatable bonds is 8. The number of methoxy groups -OCH3 is 2. The summed E-state index contributed by atoms with van der Waals surface area (Å²) in [6.45, 7) is 0.352. The molecule has 148 valence electrons. The number of allylic oxidation sites excluding steroid dienone is 1. The van der Waals surface area contributed by atoms with E-state index in [1.54, 1.807) is 44.6 Å². The molecule has 0 heterocycles. The highest BCUT2D eigenvalue weighted by Crippen LogP contribution is 2.24. The first-order chi connectivity index (χ1) is 14.1. The van der Waals surface area contributed by atoms with Crippen LogP contribution in [0.5, 0.6) is 17.2 Å². The van der Waals surface area contributed by atoms with E-state index in [4.69, 9.17) is 14.2 Å². The average Bonchev–Trinajstić information content (AvgIpc) is 2.76. The van der Waals surface area contributed by atoms with E-state index in [-0.39, 0.29) is 5.78 Å². The first kappa shape index (κ1) is 20.7. The maximum atomic E-state index is 12.4. The van der Waals surface area contributed by atoms with Crippen LogP contribution < -0.4 is 14.2 Å². The quantitative estimate of drug-likeness (QED) is 0.313. The van der Waals surface area contributed by atoms with E-state index in [2.05, 4.69) is 15.9 Å². The van der Waals surface area contributed by atoms with E-state index in [0.717, 1.165) is 27.1 Å². The molecule has 3 aromatic carbocycles. The number of carbonyl (C=O) groups is 1. The van der Waals surface area contributed by atoms with Crippen molar-refractivity contribution in [3.8, 4) is 17.2 Å². The van der Waals surface area contributed by atoms with Crippen LogP contribution in [0.3, 0.4) is 0 Å². The van der Waals surface area contributed by atoms with Gasteiger partial charge >= 0.3 is 0 Å². The number of ether oxygens (including phenoxy) is 3. The molecule has 0 unspecified atom stereocenters. The Morgan fingerprint density at radius 2 is 1.72 bits per heavy atom. The van der Waals surface area contributed by atoms with Gasteiger partial charge < -0.3 is 14.2 Å². The summed E-state index contributed by atoms with van der Waals surface area (Å²) >= 11 is 3.44. The highest BCUT2D eigenvalue weighted by atomic mass is 79.9. The molecule has 0 saturated heterocycles. The molecule has 0 spiro atoms. The van der Waals surface area contributed by atoms with Gasteiger partial charge in [-0.15, -0.1) is 0 Å². The summed E-state index contributed by atoms with van der Waals surface area (Å²) < 4.78 is 17.4. The van der Waals surface area contributed by atoms with Gasteiger partial charge in [-0.3, -0.25) is 4.79 Å². The number of carbonyl (C=O) groups excluding carboxylic acids is 1. The van der Waals surface area contributed by atoms with Crippen molar-refractivity contribution < 1.29 is 19.0 Å². The standard InChI is InChI=1S/C24H21BrO4/c1-27-21-7-3-5-18(14-21)23(26)11-9-17-10-12-24(28-2)19(13-17)16-29-22-8-4-6-20(25)15-22/h3-15H,16H2,1-2H3/b11-9+. The van der Waals surface area contributed by atoms with Crippen LogP contribution in [0.1, 0.15) is 21.5 Å². The molecule has 0 fully saturated rings. The van der Waals surface area contributed by atoms with Crippen molar-refractivity contribution in [3.05, 3.63) is 94.0 Å². The molecule has 5 heteroatoms. The zero-order valence-electron chi connectivity index (χ0n) is 16.2. The Hall–Kier alpha value is -3.05. The van der Waals surface area contributed by atoms with Gasteiger partial charge in [0.05, 0.1) is 14.2 Å². The minimum atomic E-state index is -0.0911. The fourth-order valence-electron chi connectivity index (χ4n) is 2.78. The second-order valence-corrected chi connectivity index (χ2v) is 7.16. The number of benzene rings is 3. The monoisotopic (exact) mass is 452 g/mol. The third-order valence-corrected chi connectivity index (χ3v) is 4.77. The smallest absolute Gasteiger partial charge is 0.185 e. The van der Waals surface area contributed by atoms with Gasteiger partial charge in [0.15, 0.2) is 5.78 Å². The molecular weight excluding hydrogens is 432 g/mol. The molecule has 29 heavy (non-hydrogen) atoms. The molecule has 3 aromatic rings. The van der Waals surface area contributed by atoms with Crippen LogP contribution in [0.4, 0.5) is 0 Å². The van der Waals surface area contributed by atoms with Crippen LogP contribution in [0, 0.1) is 0 Å². The summed E-state index contributed by atoms with van der Waals surface area (Å²) in [6, 6.07) is 20.5. The number of ketones is 1. The summed E-state index contributed by atoms with van der Waals surface area (Å²) in [6.07, 6.45) is 3.33. The molecule has 0 aromatic heterocycles. The Balaban J connectivity index is 1.75. The van der Waals surface area contributed by atoms with Gasteiger partial charge in [-0.1, -0.05) is 46.3 Å². The Kier molecular flexibility index (Phi) is 7.09. The first-order valence-corrected chi connectivity index (χ1v) is 9.80. The lowest BCUT2D eigenvalue weighted by Crippen LogP contribution is -1.99. The van der Waals surface area contributed by atoms with Gasteiger partial charge in [0, 0.05) is 15.6 Å². The van der Waals surface area contributed by atoms with E-state index >= 15 is 0 Å². The molecular formula is C24H21BrO4. The van der Waals surface area contributed by atoms with E-state index in [9.17, 15) is 4.79 Å². The number of hydrogen-bond donors (Lipinski definition) is 0. The molecule has 3 rings (SSSR count). The van der Waals surface area contributed by atoms with Crippen molar-refractivity contribution in [2.75, 3.05) is 14.2 Å². The Morgan fingerprint density at radius 3 is 2.48 bits per heavy atom. The number of hydrogen-bond acceptors (Lipinski definition) is 4. The van der Waals surface area contributed by atoms with Crippen molar-refractivity contribution in [3.63, 3.8) is 0 Å². The fourth-order valence-corrected chi connectivity index (χ4v) is 3.16. The van der Waals surface area contributed by atoms with Crippen molar-refractivity contribution in [2.24, 2.45) is 0 Å². The van der Waals surface area contributed by atoms with Crippen molar-refractivity contribution in [2.45, 2.75) is 6.61 Å². The van der Waals surface area contributed by atoms with Gasteiger partial charge in [0.2, 0.25) is 0 Å². The predicted octanol–water partition coefficient (Wildman–Crippen LogP) is 5.94. The Labute approximate surface area is 178 Å². The Morgan fingerprint density at radius 1 is 0.931 bits per heavy atom. The van der Waals surface area contributed by atoms with Gasteiger partial charge in [0.1, 0.15) is 23.9 Å². The fraction of sp³-hybridized carbons (Fsp3) is 0.125. The second kappa shape index (κ2) is 9.94. The lowest BCUT2D eigenvalue weighted by molar-refractivity contribution is 0.104. The van der Waals surface area contributed by atoms with Gasteiger partial charge in [0.25, 0.3) is 0 Å². The molecule has 0 N–H and O–H groups in total. The average molecular weight is 453 g/mol. The van der Waals surface area contributed by atoms with Crippen LogP contribution in [-0.2, 0) is 6.61 Å². The molecule has 0 atom stereocenters. The molecule has 0 aliphatic rings. The van der Waals surface area contributed by atoms with Crippen LogP contribution in [-0.4, -0.2) is 20.0 Å². The van der Waals surface area contributed by atoms with Crippen molar-refractivity contribution in [1.29, 1.82) is 0 Å². The Bertz CT molecular complexity index is 1030. The van der Waals surface area contributed by atoms with Gasteiger partial charge in [-0.05, 0) is 54.1 Å². The van der Waals surface area contributed by atoms with E-state index in [1.807, 2.05) is 48.5 Å². The molecule has 0 radical (unpaired) electrons. The van der Waals surface area contributed by atoms with Crippen LogP contribution in [0.25, 0.3) is 6.08 Å². The van der Waals surface area contributed by atoms with E-state index < -0.39 is 0 Å². The molecule has 0 aliphatic carbocycles. The molecule has 0 bridgehead atoms. The van der Waals surface area contributed by atoms with Gasteiger partial charge in [-0.25, -0.2) is 0 Å². The van der Waals surface area contributed by atoms with Crippen LogP contribution >= 0.6 is 15.9 Å². The minimum Gasteiger partial charge on any atom is -0.497 e. The highest BCUT2D eigenvalue weighted by Gasteiger charge is 2.07. The predicted molar refractivity (Wildman–Crippen MR) is 118 cm³/mol. The summed E-state index contributed by atoms with van der Waals surface area (Å²) in [5, 5.41) is 0. The summed E-state index contributed by atoms with van der Waals surface area (Å²) in [4.78, 5) is 12.4. The topological polar surface area (TPSA) is 44.8 Å². The maximum Gasteiger partial charge on any atom is 0.185 e. The first-order valence-electron chi connectivity index (χ1n) is 9.01. The van der Waals surface area contributed by atoms with E-state index in [1.165, 1.54) is 0 Å². The van der Waals surface area contributed by atoms with Gasteiger partial charge in [-0.2, -0.15) is 0 Å². The highest BCUT2D eigenvalue weighted by molar-refractivity contribution is 9.10. The SMILES string of the molecule is COc1cccc(C(=O)/C=C/c2ccc(OC)c(COc3cccc(Br)c3)c2)c1. The van der Waals surface area contributed by atoms with Crippen molar-refractivity contribution >= 4 is 27.8 Å². The van der Waals surface area contributed by atoms with Crippen molar-refractivity contribution in [1.82, 2.24) is 0 Å². The maximum absolute atomic E-state index is 12.4. The number of halogens is 1. The van der Waals surface area contributed by atoms with Crippen LogP contribution in [0.15, 0.2) is 77.3 Å². The van der Waals surface area contributed by atoms with E-state index in [0.29, 0.717) is 17.9 Å². The molecule has 0 aliphatic heterocycles. The summed E-state index contributed by atoms with van der Waals surface area (Å²) in [7, 11) is 3.20. The van der Waals surface area contributed by atoms with Crippen LogP contribution in [0.2, 0.25) is 0 Å². The lowest BCUT2D eigenvalue weighted by Gasteiger charge is -2.11. The third kappa shape index (κ3) is 5.72. The zero-order chi connectivity index (χ0) is 20.6. The minimum absolute atomic E-state index is 0.0911. The second-order valence-electron chi connectivity index (χ2n) is 6.25. The summed E-state index contributed by atoms with van der Waals surface area (Å²) in [5.41, 5.74) is 2.35. The third-order valence-electron chi connectivity index (χ3n) is 4.28. The summed E-state index contributed by atoms with van der Waals surface area (Å²) in [5.74, 6) is 2.05. The largest absolute Gasteiger partial charge is 0.497 e. The zero-order valence-corrected chi connectivity index (χ0v) is 17.8. The lowest BCUT2D eigenvalue weighted by atomic mass is 10.1. The molecule has 0 amide bonds. The molecule has 0 saturated carbocycles. The normalized spacial score (nSPS) is 10.7. The molecule has 4 nitrogen and oxygen atoms in total.